The number of morpholine rings is 1. The molecule has 5 heteroatoms. The van der Waals surface area contributed by atoms with Gasteiger partial charge in [-0.3, -0.25) is 9.69 Å². The molecule has 0 N–H and O–H groups in total. The number of benzene rings is 1. The van der Waals surface area contributed by atoms with Crippen molar-refractivity contribution in [2.24, 2.45) is 0 Å². The van der Waals surface area contributed by atoms with E-state index in [1.165, 1.54) is 0 Å². The number of hydrogen-bond donors (Lipinski definition) is 0. The Morgan fingerprint density at radius 2 is 2.00 bits per heavy atom. The summed E-state index contributed by atoms with van der Waals surface area (Å²) in [5.41, 5.74) is 2.73. The first kappa shape index (κ1) is 16.0. The maximum Gasteiger partial charge on any atom is 0.164 e. The highest BCUT2D eigenvalue weighted by Gasteiger charge is 2.26. The van der Waals surface area contributed by atoms with Crippen LogP contribution in [-0.2, 0) is 11.3 Å². The van der Waals surface area contributed by atoms with E-state index in [4.69, 9.17) is 4.74 Å². The van der Waals surface area contributed by atoms with Crippen LogP contribution in [0.5, 0.6) is 0 Å². The van der Waals surface area contributed by atoms with Crippen molar-refractivity contribution in [3.05, 3.63) is 72.2 Å². The average molecular weight is 335 g/mol. The van der Waals surface area contributed by atoms with Gasteiger partial charge in [0.1, 0.15) is 5.65 Å². The van der Waals surface area contributed by atoms with Crippen LogP contribution in [0, 0.1) is 0 Å². The second-order valence-electron chi connectivity index (χ2n) is 6.39. The number of ketones is 1. The Labute approximate surface area is 146 Å². The highest BCUT2D eigenvalue weighted by atomic mass is 16.5. The number of fused-ring (bicyclic) bond motifs is 1. The number of ether oxygens (including phenoxy) is 1. The van der Waals surface area contributed by atoms with Gasteiger partial charge in [-0.05, 0) is 12.1 Å². The number of carbonyl (C=O) groups excluding carboxylic acids is 1. The van der Waals surface area contributed by atoms with Crippen molar-refractivity contribution in [3.63, 3.8) is 0 Å². The monoisotopic (exact) mass is 335 g/mol. The summed E-state index contributed by atoms with van der Waals surface area (Å²) in [6.07, 6.45) is 4.53. The molecule has 2 aromatic heterocycles. The fourth-order valence-electron chi connectivity index (χ4n) is 3.31. The number of Topliss-reactive ketones (excluding diaryl/α,β-unsaturated/α-hetero) is 1. The topological polar surface area (TPSA) is 46.8 Å². The molecule has 3 heterocycles. The number of pyridine rings is 1. The standard InChI is InChI=1S/C20H21N3O2/c24-19(16-6-2-1-3-7-16)12-18-15-25-11-10-22(18)13-17-14-23-9-5-4-8-20(23)21-17/h1-9,14,18H,10-13,15H2/t18-/m0/s1. The van der Waals surface area contributed by atoms with Gasteiger partial charge >= 0.3 is 0 Å². The zero-order chi connectivity index (χ0) is 17.1. The Kier molecular flexibility index (Phi) is 4.59. The van der Waals surface area contributed by atoms with Crippen molar-refractivity contribution in [3.8, 4) is 0 Å². The predicted octanol–water partition coefficient (Wildman–Crippen LogP) is 2.81. The minimum Gasteiger partial charge on any atom is -0.378 e. The van der Waals surface area contributed by atoms with Gasteiger partial charge in [0.25, 0.3) is 0 Å². The third-order valence-corrected chi connectivity index (χ3v) is 4.65. The Bertz CT molecular complexity index is 827. The molecule has 1 aromatic carbocycles. The van der Waals surface area contributed by atoms with Crippen molar-refractivity contribution in [1.29, 1.82) is 0 Å². The second-order valence-corrected chi connectivity index (χ2v) is 6.39. The zero-order valence-electron chi connectivity index (χ0n) is 14.0. The number of imidazole rings is 1. The van der Waals surface area contributed by atoms with Crippen LogP contribution in [0.15, 0.2) is 60.9 Å². The molecule has 128 valence electrons. The summed E-state index contributed by atoms with van der Waals surface area (Å²) >= 11 is 0. The van der Waals surface area contributed by atoms with Gasteiger partial charge in [0.2, 0.25) is 0 Å². The van der Waals surface area contributed by atoms with Crippen LogP contribution in [0.2, 0.25) is 0 Å². The van der Waals surface area contributed by atoms with E-state index in [1.807, 2.05) is 59.1 Å². The molecule has 0 aliphatic carbocycles. The third-order valence-electron chi connectivity index (χ3n) is 4.65. The first-order chi connectivity index (χ1) is 12.3. The first-order valence-corrected chi connectivity index (χ1v) is 8.62. The average Bonchev–Trinajstić information content (AvgIpc) is 3.06. The van der Waals surface area contributed by atoms with E-state index in [9.17, 15) is 4.79 Å². The molecule has 1 aliphatic rings. The molecule has 5 nitrogen and oxygen atoms in total. The summed E-state index contributed by atoms with van der Waals surface area (Å²) in [6.45, 7) is 2.84. The smallest absolute Gasteiger partial charge is 0.164 e. The van der Waals surface area contributed by atoms with Crippen LogP contribution in [0.1, 0.15) is 22.5 Å². The molecule has 0 spiro atoms. The van der Waals surface area contributed by atoms with E-state index in [0.29, 0.717) is 19.6 Å². The molecular weight excluding hydrogens is 314 g/mol. The number of rotatable bonds is 5. The quantitative estimate of drug-likeness (QED) is 0.673. The van der Waals surface area contributed by atoms with Crippen molar-refractivity contribution in [1.82, 2.24) is 14.3 Å². The molecule has 0 amide bonds. The minimum absolute atomic E-state index is 0.0891. The molecular formula is C20H21N3O2. The maximum absolute atomic E-state index is 12.5. The summed E-state index contributed by atoms with van der Waals surface area (Å²) in [7, 11) is 0. The lowest BCUT2D eigenvalue weighted by atomic mass is 10.0. The highest BCUT2D eigenvalue weighted by molar-refractivity contribution is 5.96. The largest absolute Gasteiger partial charge is 0.378 e. The number of aromatic nitrogens is 2. The van der Waals surface area contributed by atoms with Crippen LogP contribution in [0.3, 0.4) is 0 Å². The van der Waals surface area contributed by atoms with Crippen LogP contribution in [0.4, 0.5) is 0 Å². The summed E-state index contributed by atoms with van der Waals surface area (Å²) in [5, 5.41) is 0. The van der Waals surface area contributed by atoms with E-state index in [2.05, 4.69) is 16.1 Å². The van der Waals surface area contributed by atoms with E-state index in [0.717, 1.165) is 30.0 Å². The summed E-state index contributed by atoms with van der Waals surface area (Å²) < 4.78 is 7.65. The SMILES string of the molecule is O=C(C[C@H]1COCCN1Cc1cn2ccccc2n1)c1ccccc1. The van der Waals surface area contributed by atoms with Crippen molar-refractivity contribution in [2.45, 2.75) is 19.0 Å². The van der Waals surface area contributed by atoms with E-state index >= 15 is 0 Å². The molecule has 1 saturated heterocycles. The molecule has 3 aromatic rings. The van der Waals surface area contributed by atoms with Gasteiger partial charge in [0.15, 0.2) is 5.78 Å². The summed E-state index contributed by atoms with van der Waals surface area (Å²) in [4.78, 5) is 19.5. The van der Waals surface area contributed by atoms with Crippen LogP contribution in [-0.4, -0.2) is 45.9 Å². The normalized spacial score (nSPS) is 18.5. The zero-order valence-corrected chi connectivity index (χ0v) is 14.0. The van der Waals surface area contributed by atoms with E-state index < -0.39 is 0 Å². The lowest BCUT2D eigenvalue weighted by Crippen LogP contribution is -2.45. The van der Waals surface area contributed by atoms with Crippen molar-refractivity contribution < 1.29 is 9.53 Å². The number of nitrogens with zero attached hydrogens (tertiary/aromatic N) is 3. The maximum atomic E-state index is 12.5. The van der Waals surface area contributed by atoms with Crippen molar-refractivity contribution in [2.75, 3.05) is 19.8 Å². The molecule has 4 rings (SSSR count). The Morgan fingerprint density at radius 1 is 1.16 bits per heavy atom. The summed E-state index contributed by atoms with van der Waals surface area (Å²) in [5.74, 6) is 0.163. The van der Waals surface area contributed by atoms with E-state index in [1.54, 1.807) is 0 Å². The van der Waals surface area contributed by atoms with Crippen LogP contribution in [0.25, 0.3) is 5.65 Å². The molecule has 1 fully saturated rings. The molecule has 0 unspecified atom stereocenters. The Morgan fingerprint density at radius 3 is 2.84 bits per heavy atom. The Hall–Kier alpha value is -2.50. The van der Waals surface area contributed by atoms with Gasteiger partial charge in [0.05, 0.1) is 18.9 Å². The van der Waals surface area contributed by atoms with Gasteiger partial charge in [-0.1, -0.05) is 36.4 Å². The van der Waals surface area contributed by atoms with Gasteiger partial charge in [-0.15, -0.1) is 0 Å². The molecule has 0 radical (unpaired) electrons. The predicted molar refractivity (Wildman–Crippen MR) is 95.6 cm³/mol. The second kappa shape index (κ2) is 7.17. The van der Waals surface area contributed by atoms with Crippen LogP contribution < -0.4 is 0 Å². The molecule has 1 atom stereocenters. The molecule has 25 heavy (non-hydrogen) atoms. The highest BCUT2D eigenvalue weighted by Crippen LogP contribution is 2.17. The van der Waals surface area contributed by atoms with Crippen molar-refractivity contribution >= 4 is 11.4 Å². The lowest BCUT2D eigenvalue weighted by molar-refractivity contribution is -0.0130. The van der Waals surface area contributed by atoms with Gasteiger partial charge in [-0.25, -0.2) is 4.98 Å². The lowest BCUT2D eigenvalue weighted by Gasteiger charge is -2.34. The summed E-state index contributed by atoms with van der Waals surface area (Å²) in [6, 6.07) is 15.5. The van der Waals surface area contributed by atoms with E-state index in [-0.39, 0.29) is 11.8 Å². The molecule has 1 aliphatic heterocycles. The number of carbonyl (C=O) groups is 1. The van der Waals surface area contributed by atoms with Gasteiger partial charge in [0, 0.05) is 43.5 Å². The molecule has 0 bridgehead atoms. The fraction of sp³-hybridized carbons (Fsp3) is 0.300. The molecule has 0 saturated carbocycles. The minimum atomic E-state index is 0.0891. The fourth-order valence-corrected chi connectivity index (χ4v) is 3.31. The Balaban J connectivity index is 1.48. The third kappa shape index (κ3) is 3.62. The number of hydrogen-bond acceptors (Lipinski definition) is 4. The van der Waals surface area contributed by atoms with Gasteiger partial charge in [-0.2, -0.15) is 0 Å². The van der Waals surface area contributed by atoms with Crippen LogP contribution >= 0.6 is 0 Å². The first-order valence-electron chi connectivity index (χ1n) is 8.62. The van der Waals surface area contributed by atoms with Gasteiger partial charge < -0.3 is 9.14 Å².